The summed E-state index contributed by atoms with van der Waals surface area (Å²) >= 11 is 0. The SMILES string of the molecule is CCO[C@H]1[C@@H](O)[C@H](O)[C@@H](c2ccccc2)OC(=O)C[C@H]1O. The van der Waals surface area contributed by atoms with Gasteiger partial charge in [0.2, 0.25) is 0 Å². The first-order chi connectivity index (χ1) is 10.0. The Morgan fingerprint density at radius 1 is 1.19 bits per heavy atom. The van der Waals surface area contributed by atoms with Gasteiger partial charge in [-0.05, 0) is 12.5 Å². The van der Waals surface area contributed by atoms with E-state index in [1.807, 2.05) is 0 Å². The Kier molecular flexibility index (Phi) is 5.30. The number of ether oxygens (including phenoxy) is 2. The molecule has 116 valence electrons. The number of hydrogen-bond acceptors (Lipinski definition) is 6. The Balaban J connectivity index is 2.29. The molecule has 1 aliphatic rings. The maximum atomic E-state index is 11.8. The zero-order valence-corrected chi connectivity index (χ0v) is 11.8. The van der Waals surface area contributed by atoms with Crippen LogP contribution in [-0.4, -0.2) is 52.3 Å². The molecule has 1 fully saturated rings. The molecule has 1 saturated heterocycles. The molecule has 0 aromatic heterocycles. The third-order valence-electron chi connectivity index (χ3n) is 3.50. The lowest BCUT2D eigenvalue weighted by Crippen LogP contribution is -2.51. The zero-order chi connectivity index (χ0) is 15.4. The number of carbonyl (C=O) groups is 1. The van der Waals surface area contributed by atoms with Crippen molar-refractivity contribution in [2.75, 3.05) is 6.61 Å². The fourth-order valence-electron chi connectivity index (χ4n) is 2.46. The van der Waals surface area contributed by atoms with Gasteiger partial charge in [0.25, 0.3) is 0 Å². The summed E-state index contributed by atoms with van der Waals surface area (Å²) in [6, 6.07) is 8.68. The van der Waals surface area contributed by atoms with E-state index in [9.17, 15) is 20.1 Å². The number of cyclic esters (lactones) is 1. The van der Waals surface area contributed by atoms with Gasteiger partial charge in [0.05, 0.1) is 12.5 Å². The van der Waals surface area contributed by atoms with Gasteiger partial charge < -0.3 is 24.8 Å². The van der Waals surface area contributed by atoms with E-state index in [0.717, 1.165) is 0 Å². The highest BCUT2D eigenvalue weighted by molar-refractivity contribution is 5.70. The number of rotatable bonds is 3. The quantitative estimate of drug-likeness (QED) is 0.688. The molecule has 6 heteroatoms. The summed E-state index contributed by atoms with van der Waals surface area (Å²) in [5.41, 5.74) is 0.573. The Labute approximate surface area is 122 Å². The molecule has 0 radical (unpaired) electrons. The van der Waals surface area contributed by atoms with Crippen LogP contribution in [-0.2, 0) is 14.3 Å². The zero-order valence-electron chi connectivity index (χ0n) is 11.8. The van der Waals surface area contributed by atoms with Crippen molar-refractivity contribution in [1.29, 1.82) is 0 Å². The van der Waals surface area contributed by atoms with Gasteiger partial charge in [0, 0.05) is 6.61 Å². The van der Waals surface area contributed by atoms with E-state index in [-0.39, 0.29) is 13.0 Å². The highest BCUT2D eigenvalue weighted by Gasteiger charge is 2.42. The summed E-state index contributed by atoms with van der Waals surface area (Å²) in [7, 11) is 0. The minimum atomic E-state index is -1.39. The highest BCUT2D eigenvalue weighted by atomic mass is 16.6. The first kappa shape index (κ1) is 15.9. The summed E-state index contributed by atoms with van der Waals surface area (Å²) in [5, 5.41) is 30.5. The molecular weight excluding hydrogens is 276 g/mol. The van der Waals surface area contributed by atoms with Gasteiger partial charge in [-0.15, -0.1) is 0 Å². The molecule has 1 aliphatic heterocycles. The predicted molar refractivity (Wildman–Crippen MR) is 73.3 cm³/mol. The van der Waals surface area contributed by atoms with Crippen LogP contribution in [0.2, 0.25) is 0 Å². The van der Waals surface area contributed by atoms with Crippen LogP contribution in [0, 0.1) is 0 Å². The van der Waals surface area contributed by atoms with Gasteiger partial charge >= 0.3 is 5.97 Å². The minimum absolute atomic E-state index is 0.247. The van der Waals surface area contributed by atoms with Crippen LogP contribution in [0.3, 0.4) is 0 Å². The molecule has 1 aromatic rings. The van der Waals surface area contributed by atoms with Crippen LogP contribution in [0.4, 0.5) is 0 Å². The molecule has 2 rings (SSSR count). The molecule has 0 spiro atoms. The second-order valence-corrected chi connectivity index (χ2v) is 4.99. The van der Waals surface area contributed by atoms with Crippen molar-refractivity contribution in [3.63, 3.8) is 0 Å². The molecule has 0 amide bonds. The summed E-state index contributed by atoms with van der Waals surface area (Å²) in [6.07, 6.45) is -6.30. The molecule has 3 N–H and O–H groups in total. The van der Waals surface area contributed by atoms with Crippen LogP contribution in [0.1, 0.15) is 25.0 Å². The predicted octanol–water partition coefficient (Wildman–Crippen LogP) is 0.162. The maximum absolute atomic E-state index is 11.8. The highest BCUT2D eigenvalue weighted by Crippen LogP contribution is 2.29. The van der Waals surface area contributed by atoms with E-state index in [2.05, 4.69) is 0 Å². The molecule has 0 bridgehead atoms. The number of esters is 1. The fourth-order valence-corrected chi connectivity index (χ4v) is 2.46. The van der Waals surface area contributed by atoms with Gasteiger partial charge in [-0.2, -0.15) is 0 Å². The van der Waals surface area contributed by atoms with E-state index in [1.54, 1.807) is 37.3 Å². The standard InChI is InChI=1S/C15H20O6/c1-2-20-15-10(16)8-11(17)21-14(12(18)13(15)19)9-6-4-3-5-7-9/h3-7,10,12-16,18-19H,2,8H2,1H3/t10-,12+,13+,14-,15-/m1/s1. The summed E-state index contributed by atoms with van der Waals surface area (Å²) in [5.74, 6) is -0.646. The maximum Gasteiger partial charge on any atom is 0.309 e. The fraction of sp³-hybridized carbons (Fsp3) is 0.533. The van der Waals surface area contributed by atoms with Crippen LogP contribution in [0.5, 0.6) is 0 Å². The molecule has 0 saturated carbocycles. The summed E-state index contributed by atoms with van der Waals surface area (Å²) in [6.45, 7) is 1.95. The largest absolute Gasteiger partial charge is 0.455 e. The number of benzene rings is 1. The Morgan fingerprint density at radius 3 is 2.48 bits per heavy atom. The monoisotopic (exact) mass is 296 g/mol. The van der Waals surface area contributed by atoms with Crippen molar-refractivity contribution in [1.82, 2.24) is 0 Å². The van der Waals surface area contributed by atoms with Crippen LogP contribution in [0.15, 0.2) is 30.3 Å². The number of carbonyl (C=O) groups excluding carboxylic acids is 1. The van der Waals surface area contributed by atoms with Crippen molar-refractivity contribution in [3.8, 4) is 0 Å². The average Bonchev–Trinajstić information content (AvgIpc) is 2.49. The second kappa shape index (κ2) is 7.00. The van der Waals surface area contributed by atoms with Crippen molar-refractivity contribution in [2.45, 2.75) is 43.9 Å². The van der Waals surface area contributed by atoms with E-state index < -0.39 is 36.5 Å². The number of hydrogen-bond donors (Lipinski definition) is 3. The van der Waals surface area contributed by atoms with E-state index in [4.69, 9.17) is 9.47 Å². The van der Waals surface area contributed by atoms with Crippen molar-refractivity contribution in [2.24, 2.45) is 0 Å². The third kappa shape index (κ3) is 3.59. The molecular formula is C15H20O6. The molecule has 0 unspecified atom stereocenters. The smallest absolute Gasteiger partial charge is 0.309 e. The van der Waals surface area contributed by atoms with Gasteiger partial charge in [-0.1, -0.05) is 30.3 Å². The third-order valence-corrected chi connectivity index (χ3v) is 3.50. The van der Waals surface area contributed by atoms with E-state index in [1.165, 1.54) is 0 Å². The van der Waals surface area contributed by atoms with Gasteiger partial charge in [-0.3, -0.25) is 4.79 Å². The first-order valence-electron chi connectivity index (χ1n) is 6.94. The first-order valence-corrected chi connectivity index (χ1v) is 6.94. The summed E-state index contributed by atoms with van der Waals surface area (Å²) < 4.78 is 10.5. The van der Waals surface area contributed by atoms with E-state index in [0.29, 0.717) is 5.56 Å². The van der Waals surface area contributed by atoms with Crippen molar-refractivity contribution in [3.05, 3.63) is 35.9 Å². The van der Waals surface area contributed by atoms with Crippen molar-refractivity contribution >= 4 is 5.97 Å². The van der Waals surface area contributed by atoms with E-state index >= 15 is 0 Å². The molecule has 1 aromatic carbocycles. The normalized spacial score (nSPS) is 33.9. The van der Waals surface area contributed by atoms with Gasteiger partial charge in [0.1, 0.15) is 18.3 Å². The number of aliphatic hydroxyl groups excluding tert-OH is 3. The van der Waals surface area contributed by atoms with Crippen LogP contribution in [0.25, 0.3) is 0 Å². The molecule has 6 nitrogen and oxygen atoms in total. The lowest BCUT2D eigenvalue weighted by Gasteiger charge is -2.36. The Morgan fingerprint density at radius 2 is 1.86 bits per heavy atom. The average molecular weight is 296 g/mol. The van der Waals surface area contributed by atoms with Gasteiger partial charge in [-0.25, -0.2) is 0 Å². The van der Waals surface area contributed by atoms with Crippen LogP contribution < -0.4 is 0 Å². The second-order valence-electron chi connectivity index (χ2n) is 4.99. The molecule has 21 heavy (non-hydrogen) atoms. The minimum Gasteiger partial charge on any atom is -0.455 e. The summed E-state index contributed by atoms with van der Waals surface area (Å²) in [4.78, 5) is 11.8. The topological polar surface area (TPSA) is 96.2 Å². The molecule has 0 aliphatic carbocycles. The van der Waals surface area contributed by atoms with Crippen molar-refractivity contribution < 1.29 is 29.6 Å². The lowest BCUT2D eigenvalue weighted by atomic mass is 9.92. The Hall–Kier alpha value is -1.47. The van der Waals surface area contributed by atoms with Gasteiger partial charge in [0.15, 0.2) is 6.10 Å². The van der Waals surface area contributed by atoms with Crippen LogP contribution >= 0.6 is 0 Å². The molecule has 1 heterocycles. The number of aliphatic hydroxyl groups is 3. The Bertz CT molecular complexity index is 462. The lowest BCUT2D eigenvalue weighted by molar-refractivity contribution is -0.194. The molecule has 5 atom stereocenters.